The molecule has 0 saturated carbocycles. The summed E-state index contributed by atoms with van der Waals surface area (Å²) in [6.45, 7) is 3.03. The van der Waals surface area contributed by atoms with E-state index in [-0.39, 0.29) is 5.91 Å². The van der Waals surface area contributed by atoms with Crippen molar-refractivity contribution in [2.75, 3.05) is 6.54 Å². The zero-order chi connectivity index (χ0) is 13.7. The second kappa shape index (κ2) is 6.95. The molecule has 0 aromatic heterocycles. The Balaban J connectivity index is 2.08. The quantitative estimate of drug-likeness (QED) is 0.758. The SMILES string of the molecule is CCCC1CCCCN1C(=O)C(Cl)c1ccccc1. The largest absolute Gasteiger partial charge is 0.338 e. The summed E-state index contributed by atoms with van der Waals surface area (Å²) in [5.41, 5.74) is 0.898. The Morgan fingerprint density at radius 3 is 2.79 bits per heavy atom. The van der Waals surface area contributed by atoms with Crippen molar-refractivity contribution in [3.05, 3.63) is 35.9 Å². The minimum atomic E-state index is -0.543. The molecule has 1 fully saturated rings. The van der Waals surface area contributed by atoms with Crippen LogP contribution in [-0.2, 0) is 4.79 Å². The van der Waals surface area contributed by atoms with Gasteiger partial charge in [-0.1, -0.05) is 43.7 Å². The van der Waals surface area contributed by atoms with Crippen LogP contribution in [0.4, 0.5) is 0 Å². The van der Waals surface area contributed by atoms with Gasteiger partial charge in [-0.15, -0.1) is 11.6 Å². The number of carbonyl (C=O) groups excluding carboxylic acids is 1. The Morgan fingerprint density at radius 1 is 1.37 bits per heavy atom. The molecule has 0 bridgehead atoms. The van der Waals surface area contributed by atoms with Crippen molar-refractivity contribution in [1.29, 1.82) is 0 Å². The molecule has 1 saturated heterocycles. The number of hydrogen-bond acceptors (Lipinski definition) is 1. The molecule has 19 heavy (non-hydrogen) atoms. The van der Waals surface area contributed by atoms with Crippen molar-refractivity contribution >= 4 is 17.5 Å². The monoisotopic (exact) mass is 279 g/mol. The molecule has 3 heteroatoms. The number of nitrogens with zero attached hydrogens (tertiary/aromatic N) is 1. The van der Waals surface area contributed by atoms with Crippen LogP contribution in [0.2, 0.25) is 0 Å². The van der Waals surface area contributed by atoms with E-state index in [2.05, 4.69) is 6.92 Å². The Kier molecular flexibility index (Phi) is 5.26. The zero-order valence-corrected chi connectivity index (χ0v) is 12.3. The highest BCUT2D eigenvalue weighted by atomic mass is 35.5. The van der Waals surface area contributed by atoms with Crippen LogP contribution >= 0.6 is 11.6 Å². The number of carbonyl (C=O) groups is 1. The van der Waals surface area contributed by atoms with Gasteiger partial charge in [-0.25, -0.2) is 0 Å². The summed E-state index contributed by atoms with van der Waals surface area (Å²) in [6.07, 6.45) is 5.66. The first-order valence-corrected chi connectivity index (χ1v) is 7.67. The molecule has 2 nitrogen and oxygen atoms in total. The van der Waals surface area contributed by atoms with Gasteiger partial charge in [0.15, 0.2) is 0 Å². The second-order valence-electron chi connectivity index (χ2n) is 5.24. The molecule has 0 N–H and O–H groups in total. The second-order valence-corrected chi connectivity index (χ2v) is 5.68. The van der Waals surface area contributed by atoms with Gasteiger partial charge in [0, 0.05) is 12.6 Å². The van der Waals surface area contributed by atoms with Gasteiger partial charge in [0.05, 0.1) is 0 Å². The first-order chi connectivity index (χ1) is 9.24. The molecule has 104 valence electrons. The maximum Gasteiger partial charge on any atom is 0.245 e. The smallest absolute Gasteiger partial charge is 0.245 e. The first-order valence-electron chi connectivity index (χ1n) is 7.23. The predicted octanol–water partition coefficient (Wildman–Crippen LogP) is 4.15. The lowest BCUT2D eigenvalue weighted by Crippen LogP contribution is -2.45. The van der Waals surface area contributed by atoms with Crippen LogP contribution in [0.1, 0.15) is 50.0 Å². The Hall–Kier alpha value is -1.02. The van der Waals surface area contributed by atoms with Gasteiger partial charge in [-0.3, -0.25) is 4.79 Å². The molecular weight excluding hydrogens is 258 g/mol. The molecular formula is C16H22ClNO. The number of hydrogen-bond donors (Lipinski definition) is 0. The molecule has 1 aliphatic rings. The van der Waals surface area contributed by atoms with E-state index >= 15 is 0 Å². The highest BCUT2D eigenvalue weighted by Crippen LogP contribution is 2.28. The van der Waals surface area contributed by atoms with Gasteiger partial charge in [-0.2, -0.15) is 0 Å². The third-order valence-corrected chi connectivity index (χ3v) is 4.28. The Bertz CT molecular complexity index is 404. The van der Waals surface area contributed by atoms with E-state index in [0.29, 0.717) is 6.04 Å². The van der Waals surface area contributed by atoms with E-state index < -0.39 is 5.38 Å². The highest BCUT2D eigenvalue weighted by Gasteiger charge is 2.30. The number of likely N-dealkylation sites (tertiary alicyclic amines) is 1. The molecule has 1 aromatic rings. The zero-order valence-electron chi connectivity index (χ0n) is 11.5. The molecule has 1 aromatic carbocycles. The summed E-state index contributed by atoms with van der Waals surface area (Å²) in [5, 5.41) is -0.543. The summed E-state index contributed by atoms with van der Waals surface area (Å²) in [6, 6.07) is 10.0. The van der Waals surface area contributed by atoms with E-state index in [1.165, 1.54) is 6.42 Å². The van der Waals surface area contributed by atoms with E-state index in [4.69, 9.17) is 11.6 Å². The third kappa shape index (κ3) is 3.50. The lowest BCUT2D eigenvalue weighted by atomic mass is 9.97. The van der Waals surface area contributed by atoms with Crippen LogP contribution in [0.15, 0.2) is 30.3 Å². The van der Waals surface area contributed by atoms with Crippen LogP contribution in [0.5, 0.6) is 0 Å². The first kappa shape index (κ1) is 14.4. The summed E-state index contributed by atoms with van der Waals surface area (Å²) in [5.74, 6) is 0.0750. The van der Waals surface area contributed by atoms with Gasteiger partial charge >= 0.3 is 0 Å². The predicted molar refractivity (Wildman–Crippen MR) is 79.3 cm³/mol. The molecule has 1 amide bonds. The number of benzene rings is 1. The Labute approximate surface area is 120 Å². The fraction of sp³-hybridized carbons (Fsp3) is 0.562. The fourth-order valence-corrected chi connectivity index (χ4v) is 3.11. The standard InChI is InChI=1S/C16H22ClNO/c1-2-8-14-11-6-7-12-18(14)16(19)15(17)13-9-4-3-5-10-13/h3-5,9-10,14-15H,2,6-8,11-12H2,1H3. The lowest BCUT2D eigenvalue weighted by molar-refractivity contribution is -0.134. The maximum absolute atomic E-state index is 12.6. The fourth-order valence-electron chi connectivity index (χ4n) is 2.83. The van der Waals surface area contributed by atoms with Crippen molar-refractivity contribution in [2.45, 2.75) is 50.4 Å². The van der Waals surface area contributed by atoms with Crippen LogP contribution in [-0.4, -0.2) is 23.4 Å². The van der Waals surface area contributed by atoms with Crippen molar-refractivity contribution in [1.82, 2.24) is 4.90 Å². The van der Waals surface area contributed by atoms with Gasteiger partial charge in [-0.05, 0) is 31.2 Å². The highest BCUT2D eigenvalue weighted by molar-refractivity contribution is 6.30. The van der Waals surface area contributed by atoms with Gasteiger partial charge in [0.2, 0.25) is 5.91 Å². The van der Waals surface area contributed by atoms with E-state index in [1.807, 2.05) is 35.2 Å². The molecule has 1 aliphatic heterocycles. The minimum Gasteiger partial charge on any atom is -0.338 e. The summed E-state index contributed by atoms with van der Waals surface area (Å²) in [7, 11) is 0. The lowest BCUT2D eigenvalue weighted by Gasteiger charge is -2.37. The van der Waals surface area contributed by atoms with Crippen molar-refractivity contribution in [3.8, 4) is 0 Å². The van der Waals surface area contributed by atoms with Crippen molar-refractivity contribution < 1.29 is 4.79 Å². The average Bonchev–Trinajstić information content (AvgIpc) is 2.47. The van der Waals surface area contributed by atoms with E-state index in [0.717, 1.165) is 37.8 Å². The molecule has 2 atom stereocenters. The maximum atomic E-state index is 12.6. The third-order valence-electron chi connectivity index (χ3n) is 3.84. The molecule has 0 spiro atoms. The van der Waals surface area contributed by atoms with E-state index in [9.17, 15) is 4.79 Å². The Morgan fingerprint density at radius 2 is 2.11 bits per heavy atom. The summed E-state index contributed by atoms with van der Waals surface area (Å²) < 4.78 is 0. The molecule has 1 heterocycles. The van der Waals surface area contributed by atoms with Crippen LogP contribution in [0, 0.1) is 0 Å². The minimum absolute atomic E-state index is 0.0750. The number of amides is 1. The molecule has 0 aliphatic carbocycles. The number of halogens is 1. The summed E-state index contributed by atoms with van der Waals surface area (Å²) >= 11 is 6.36. The normalized spacial score (nSPS) is 21.2. The number of rotatable bonds is 4. The topological polar surface area (TPSA) is 20.3 Å². The van der Waals surface area contributed by atoms with Crippen LogP contribution < -0.4 is 0 Å². The molecule has 0 radical (unpaired) electrons. The average molecular weight is 280 g/mol. The van der Waals surface area contributed by atoms with Gasteiger partial charge in [0.25, 0.3) is 0 Å². The van der Waals surface area contributed by atoms with Crippen molar-refractivity contribution in [3.63, 3.8) is 0 Å². The van der Waals surface area contributed by atoms with Crippen LogP contribution in [0.3, 0.4) is 0 Å². The molecule has 2 unspecified atom stereocenters. The number of alkyl halides is 1. The summed E-state index contributed by atoms with van der Waals surface area (Å²) in [4.78, 5) is 14.6. The van der Waals surface area contributed by atoms with Crippen molar-refractivity contribution in [2.24, 2.45) is 0 Å². The molecule has 2 rings (SSSR count). The van der Waals surface area contributed by atoms with Gasteiger partial charge in [0.1, 0.15) is 5.38 Å². The van der Waals surface area contributed by atoms with Gasteiger partial charge < -0.3 is 4.90 Å². The number of piperidine rings is 1. The van der Waals surface area contributed by atoms with Crippen LogP contribution in [0.25, 0.3) is 0 Å². The van der Waals surface area contributed by atoms with E-state index in [1.54, 1.807) is 0 Å².